The molecule has 1 unspecified atom stereocenters. The van der Waals surface area contributed by atoms with Crippen molar-refractivity contribution in [3.8, 4) is 5.75 Å². The van der Waals surface area contributed by atoms with Gasteiger partial charge in [0.1, 0.15) is 11.8 Å². The maximum atomic E-state index is 10.5. The van der Waals surface area contributed by atoms with E-state index in [0.717, 1.165) is 0 Å². The first-order valence-electron chi connectivity index (χ1n) is 5.02. The van der Waals surface area contributed by atoms with E-state index in [-0.39, 0.29) is 17.4 Å². The molecule has 1 rings (SSSR count). The Kier molecular flexibility index (Phi) is 7.57. The van der Waals surface area contributed by atoms with E-state index in [0.29, 0.717) is 5.69 Å². The number of carboxylic acid groups (broad SMARTS) is 1. The SMILES string of the molecule is CC(=O)Nc1ccc(O)cc1.NC(CS)C(=O)O. The molecule has 0 spiro atoms. The lowest BCUT2D eigenvalue weighted by Gasteiger charge is -1.99. The molecular weight excluding hydrogens is 256 g/mol. The highest BCUT2D eigenvalue weighted by Gasteiger charge is 2.06. The number of carboxylic acids is 1. The minimum absolute atomic E-state index is 0.115. The van der Waals surface area contributed by atoms with Gasteiger partial charge in [-0.3, -0.25) is 9.59 Å². The Labute approximate surface area is 110 Å². The van der Waals surface area contributed by atoms with Crippen LogP contribution in [0.25, 0.3) is 0 Å². The summed E-state index contributed by atoms with van der Waals surface area (Å²) in [5, 5.41) is 19.5. The largest absolute Gasteiger partial charge is 0.508 e. The van der Waals surface area contributed by atoms with Crippen LogP contribution in [0.5, 0.6) is 5.75 Å². The molecule has 1 amide bonds. The summed E-state index contributed by atoms with van der Waals surface area (Å²) in [6.45, 7) is 1.44. The smallest absolute Gasteiger partial charge is 0.321 e. The van der Waals surface area contributed by atoms with E-state index in [1.807, 2.05) is 0 Å². The fourth-order valence-corrected chi connectivity index (χ4v) is 0.982. The van der Waals surface area contributed by atoms with Gasteiger partial charge in [-0.15, -0.1) is 0 Å². The number of amides is 1. The number of hydrogen-bond acceptors (Lipinski definition) is 5. The van der Waals surface area contributed by atoms with Gasteiger partial charge in [-0.1, -0.05) is 0 Å². The van der Waals surface area contributed by atoms with Gasteiger partial charge < -0.3 is 21.3 Å². The molecule has 1 aromatic rings. The van der Waals surface area contributed by atoms with Crippen LogP contribution in [0.1, 0.15) is 6.92 Å². The van der Waals surface area contributed by atoms with Gasteiger partial charge in [0.25, 0.3) is 0 Å². The van der Waals surface area contributed by atoms with E-state index in [9.17, 15) is 9.59 Å². The van der Waals surface area contributed by atoms with E-state index in [4.69, 9.17) is 15.9 Å². The Hall–Kier alpha value is -1.73. The summed E-state index contributed by atoms with van der Waals surface area (Å²) in [7, 11) is 0. The number of aromatic hydroxyl groups is 1. The molecule has 0 aliphatic heterocycles. The highest BCUT2D eigenvalue weighted by Crippen LogP contribution is 2.13. The van der Waals surface area contributed by atoms with E-state index in [1.165, 1.54) is 19.1 Å². The predicted octanol–water partition coefficient (Wildman–Crippen LogP) is 0.679. The van der Waals surface area contributed by atoms with Crippen molar-refractivity contribution in [1.29, 1.82) is 0 Å². The van der Waals surface area contributed by atoms with E-state index in [1.54, 1.807) is 12.1 Å². The number of nitrogens with one attached hydrogen (secondary N) is 1. The highest BCUT2D eigenvalue weighted by molar-refractivity contribution is 7.80. The van der Waals surface area contributed by atoms with Gasteiger partial charge in [-0.25, -0.2) is 0 Å². The second kappa shape index (κ2) is 8.37. The molecule has 100 valence electrons. The molecule has 0 fully saturated rings. The summed E-state index contributed by atoms with van der Waals surface area (Å²) in [6, 6.07) is 5.49. The molecule has 6 nitrogen and oxygen atoms in total. The third-order valence-electron chi connectivity index (χ3n) is 1.70. The predicted molar refractivity (Wildman–Crippen MR) is 71.9 cm³/mol. The second-order valence-corrected chi connectivity index (χ2v) is 3.72. The number of benzene rings is 1. The molecule has 0 aromatic heterocycles. The van der Waals surface area contributed by atoms with Crippen LogP contribution in [0, 0.1) is 0 Å². The van der Waals surface area contributed by atoms with Crippen LogP contribution >= 0.6 is 12.6 Å². The molecule has 1 atom stereocenters. The molecule has 0 saturated heterocycles. The Morgan fingerprint density at radius 1 is 1.39 bits per heavy atom. The minimum atomic E-state index is -1.00. The summed E-state index contributed by atoms with van der Waals surface area (Å²) in [4.78, 5) is 20.3. The van der Waals surface area contributed by atoms with E-state index < -0.39 is 12.0 Å². The molecule has 0 aliphatic rings. The fourth-order valence-electron chi connectivity index (χ4n) is 0.826. The van der Waals surface area contributed by atoms with Gasteiger partial charge in [-0.2, -0.15) is 12.6 Å². The molecule has 7 heteroatoms. The summed E-state index contributed by atoms with van der Waals surface area (Å²) in [6.07, 6.45) is 0. The van der Waals surface area contributed by atoms with Gasteiger partial charge in [-0.05, 0) is 24.3 Å². The third kappa shape index (κ3) is 7.53. The normalized spacial score (nSPS) is 10.8. The number of phenolic OH excluding ortho intramolecular Hbond substituents is 1. The van der Waals surface area contributed by atoms with Crippen molar-refractivity contribution in [3.63, 3.8) is 0 Å². The Morgan fingerprint density at radius 2 is 1.89 bits per heavy atom. The summed E-state index contributed by atoms with van der Waals surface area (Å²) >= 11 is 3.65. The maximum Gasteiger partial charge on any atom is 0.321 e. The van der Waals surface area contributed by atoms with Gasteiger partial charge in [0.2, 0.25) is 5.91 Å². The van der Waals surface area contributed by atoms with Crippen molar-refractivity contribution in [2.75, 3.05) is 11.1 Å². The lowest BCUT2D eigenvalue weighted by Crippen LogP contribution is -2.31. The molecule has 0 aliphatic carbocycles. The van der Waals surface area contributed by atoms with Crippen LogP contribution in [0.2, 0.25) is 0 Å². The van der Waals surface area contributed by atoms with Crippen molar-refractivity contribution in [1.82, 2.24) is 0 Å². The second-order valence-electron chi connectivity index (χ2n) is 3.36. The zero-order valence-electron chi connectivity index (χ0n) is 9.83. The van der Waals surface area contributed by atoms with Gasteiger partial charge in [0, 0.05) is 18.4 Å². The van der Waals surface area contributed by atoms with Crippen LogP contribution in [0.15, 0.2) is 24.3 Å². The van der Waals surface area contributed by atoms with Crippen LogP contribution in [0.4, 0.5) is 5.69 Å². The van der Waals surface area contributed by atoms with Gasteiger partial charge in [0.05, 0.1) is 0 Å². The average Bonchev–Trinajstić information content (AvgIpc) is 2.31. The number of aliphatic carboxylic acids is 1. The fraction of sp³-hybridized carbons (Fsp3) is 0.273. The molecule has 0 heterocycles. The molecular formula is C11H16N2O4S. The lowest BCUT2D eigenvalue weighted by atomic mass is 10.3. The topological polar surface area (TPSA) is 113 Å². The number of thiol groups is 1. The first-order chi connectivity index (χ1) is 8.36. The Morgan fingerprint density at radius 3 is 2.17 bits per heavy atom. The van der Waals surface area contributed by atoms with Crippen molar-refractivity contribution in [2.45, 2.75) is 13.0 Å². The first kappa shape index (κ1) is 16.3. The van der Waals surface area contributed by atoms with Crippen LogP contribution < -0.4 is 11.1 Å². The van der Waals surface area contributed by atoms with Crippen molar-refractivity contribution < 1.29 is 19.8 Å². The number of carbonyl (C=O) groups is 2. The molecule has 0 saturated carbocycles. The van der Waals surface area contributed by atoms with Crippen LogP contribution in [0.3, 0.4) is 0 Å². The maximum absolute atomic E-state index is 10.5. The minimum Gasteiger partial charge on any atom is -0.508 e. The Balaban J connectivity index is 0.000000360. The van der Waals surface area contributed by atoms with E-state index >= 15 is 0 Å². The van der Waals surface area contributed by atoms with Crippen LogP contribution in [-0.4, -0.2) is 33.9 Å². The molecule has 0 radical (unpaired) electrons. The monoisotopic (exact) mass is 272 g/mol. The number of nitrogens with two attached hydrogens (primary N) is 1. The van der Waals surface area contributed by atoms with Crippen molar-refractivity contribution >= 4 is 30.2 Å². The van der Waals surface area contributed by atoms with Crippen LogP contribution in [-0.2, 0) is 9.59 Å². The average molecular weight is 272 g/mol. The summed E-state index contributed by atoms with van der Waals surface area (Å²) < 4.78 is 0. The summed E-state index contributed by atoms with van der Waals surface area (Å²) in [5.41, 5.74) is 5.63. The van der Waals surface area contributed by atoms with E-state index in [2.05, 4.69) is 17.9 Å². The van der Waals surface area contributed by atoms with Gasteiger partial charge >= 0.3 is 5.97 Å². The lowest BCUT2D eigenvalue weighted by molar-refractivity contribution is -0.137. The third-order valence-corrected chi connectivity index (χ3v) is 2.09. The molecule has 1 aromatic carbocycles. The first-order valence-corrected chi connectivity index (χ1v) is 5.66. The number of rotatable bonds is 3. The summed E-state index contributed by atoms with van der Waals surface area (Å²) in [5.74, 6) is -0.736. The molecule has 5 N–H and O–H groups in total. The number of carbonyl (C=O) groups excluding carboxylic acids is 1. The van der Waals surface area contributed by atoms with Gasteiger partial charge in [0.15, 0.2) is 0 Å². The number of hydrogen-bond donors (Lipinski definition) is 5. The molecule has 18 heavy (non-hydrogen) atoms. The van der Waals surface area contributed by atoms with Crippen molar-refractivity contribution in [3.05, 3.63) is 24.3 Å². The number of phenols is 1. The quantitative estimate of drug-likeness (QED) is 0.410. The zero-order valence-corrected chi connectivity index (χ0v) is 10.7. The standard InChI is InChI=1S/C8H9NO2.C3H7NO2S/c1-6(10)9-7-2-4-8(11)5-3-7;4-2(1-7)3(5)6/h2-5,11H,1H3,(H,9,10);2,7H,1,4H2,(H,5,6). The highest BCUT2D eigenvalue weighted by atomic mass is 32.1. The van der Waals surface area contributed by atoms with Crippen molar-refractivity contribution in [2.24, 2.45) is 5.73 Å². The number of anilines is 1. The Bertz CT molecular complexity index is 395. The molecule has 0 bridgehead atoms. The zero-order chi connectivity index (χ0) is 14.1.